The smallest absolute Gasteiger partial charge is 0.123 e. The maximum Gasteiger partial charge on any atom is 0.123 e. The van der Waals surface area contributed by atoms with E-state index in [0.717, 1.165) is 43.1 Å². The van der Waals surface area contributed by atoms with E-state index >= 15 is 0 Å². The SMILES string of the molecule is COc1ccc(C#CCCO)cc1CN1CCOC(C)C1. The summed E-state index contributed by atoms with van der Waals surface area (Å²) in [4.78, 5) is 2.37. The number of hydrogen-bond donors (Lipinski definition) is 1. The average molecular weight is 289 g/mol. The van der Waals surface area contributed by atoms with Crippen LogP contribution in [0.5, 0.6) is 5.75 Å². The van der Waals surface area contributed by atoms with Gasteiger partial charge >= 0.3 is 0 Å². The third-order valence-corrected chi connectivity index (χ3v) is 3.47. The summed E-state index contributed by atoms with van der Waals surface area (Å²) in [5, 5.41) is 8.78. The number of morpholine rings is 1. The molecule has 21 heavy (non-hydrogen) atoms. The van der Waals surface area contributed by atoms with Crippen molar-refractivity contribution in [1.82, 2.24) is 4.90 Å². The van der Waals surface area contributed by atoms with Gasteiger partial charge in [-0.25, -0.2) is 0 Å². The Morgan fingerprint density at radius 1 is 1.48 bits per heavy atom. The first-order valence-corrected chi connectivity index (χ1v) is 7.33. The molecular weight excluding hydrogens is 266 g/mol. The van der Waals surface area contributed by atoms with Crippen LogP contribution in [-0.4, -0.2) is 49.5 Å². The zero-order valence-electron chi connectivity index (χ0n) is 12.8. The van der Waals surface area contributed by atoms with Gasteiger partial charge in [-0.3, -0.25) is 4.90 Å². The monoisotopic (exact) mass is 289 g/mol. The van der Waals surface area contributed by atoms with Crippen molar-refractivity contribution < 1.29 is 14.6 Å². The van der Waals surface area contributed by atoms with E-state index in [1.54, 1.807) is 7.11 Å². The van der Waals surface area contributed by atoms with Crippen molar-refractivity contribution in [2.45, 2.75) is 26.0 Å². The molecule has 1 saturated heterocycles. The lowest BCUT2D eigenvalue weighted by Gasteiger charge is -2.31. The molecule has 0 radical (unpaired) electrons. The Kier molecular flexibility index (Phi) is 6.06. The van der Waals surface area contributed by atoms with Crippen LogP contribution in [0.3, 0.4) is 0 Å². The first kappa shape index (κ1) is 15.8. The van der Waals surface area contributed by atoms with Gasteiger partial charge in [0, 0.05) is 37.2 Å². The molecule has 0 aliphatic carbocycles. The largest absolute Gasteiger partial charge is 0.496 e. The van der Waals surface area contributed by atoms with Crippen LogP contribution in [0.1, 0.15) is 24.5 Å². The number of aliphatic hydroxyl groups excluding tert-OH is 1. The van der Waals surface area contributed by atoms with E-state index in [-0.39, 0.29) is 12.7 Å². The third-order valence-electron chi connectivity index (χ3n) is 3.47. The topological polar surface area (TPSA) is 41.9 Å². The Hall–Kier alpha value is -1.54. The lowest BCUT2D eigenvalue weighted by atomic mass is 10.1. The molecular formula is C17H23NO3. The van der Waals surface area contributed by atoms with Crippen LogP contribution in [-0.2, 0) is 11.3 Å². The zero-order chi connectivity index (χ0) is 15.1. The molecule has 4 heteroatoms. The minimum Gasteiger partial charge on any atom is -0.496 e. The molecule has 4 nitrogen and oxygen atoms in total. The first-order valence-electron chi connectivity index (χ1n) is 7.33. The highest BCUT2D eigenvalue weighted by molar-refractivity contribution is 5.44. The van der Waals surface area contributed by atoms with Crippen molar-refractivity contribution in [3.63, 3.8) is 0 Å². The molecule has 1 atom stereocenters. The molecule has 0 saturated carbocycles. The van der Waals surface area contributed by atoms with Gasteiger partial charge in [0.1, 0.15) is 5.75 Å². The second kappa shape index (κ2) is 8.04. The molecule has 1 aromatic rings. The predicted molar refractivity (Wildman–Crippen MR) is 82.3 cm³/mol. The summed E-state index contributed by atoms with van der Waals surface area (Å²) in [7, 11) is 1.69. The number of rotatable bonds is 4. The van der Waals surface area contributed by atoms with Gasteiger partial charge in [0.05, 0.1) is 26.4 Å². The van der Waals surface area contributed by atoms with Crippen LogP contribution in [0.4, 0.5) is 0 Å². The number of aliphatic hydroxyl groups is 1. The highest BCUT2D eigenvalue weighted by Gasteiger charge is 2.18. The first-order chi connectivity index (χ1) is 10.2. The van der Waals surface area contributed by atoms with E-state index < -0.39 is 0 Å². The van der Waals surface area contributed by atoms with Gasteiger partial charge < -0.3 is 14.6 Å². The van der Waals surface area contributed by atoms with E-state index in [2.05, 4.69) is 29.7 Å². The summed E-state index contributed by atoms with van der Waals surface area (Å²) in [5.74, 6) is 6.92. The number of benzene rings is 1. The molecule has 0 amide bonds. The Labute approximate surface area is 126 Å². The van der Waals surface area contributed by atoms with Crippen LogP contribution in [0.15, 0.2) is 18.2 Å². The van der Waals surface area contributed by atoms with E-state index in [4.69, 9.17) is 14.6 Å². The summed E-state index contributed by atoms with van der Waals surface area (Å²) in [6.45, 7) is 5.69. The quantitative estimate of drug-likeness (QED) is 0.856. The normalized spacial score (nSPS) is 18.9. The van der Waals surface area contributed by atoms with Crippen LogP contribution < -0.4 is 4.74 Å². The number of nitrogens with zero attached hydrogens (tertiary/aromatic N) is 1. The molecule has 1 aliphatic rings. The summed E-state index contributed by atoms with van der Waals surface area (Å²) >= 11 is 0. The van der Waals surface area contributed by atoms with Gasteiger partial charge in [-0.05, 0) is 25.1 Å². The minimum atomic E-state index is 0.0989. The molecule has 0 aromatic heterocycles. The summed E-state index contributed by atoms with van der Waals surface area (Å²) < 4.78 is 11.0. The van der Waals surface area contributed by atoms with E-state index in [9.17, 15) is 0 Å². The lowest BCUT2D eigenvalue weighted by molar-refractivity contribution is -0.0213. The summed E-state index contributed by atoms with van der Waals surface area (Å²) in [6, 6.07) is 5.99. The fourth-order valence-electron chi connectivity index (χ4n) is 2.48. The van der Waals surface area contributed by atoms with E-state index in [0.29, 0.717) is 6.42 Å². The van der Waals surface area contributed by atoms with Gasteiger partial charge in [0.25, 0.3) is 0 Å². The molecule has 1 heterocycles. The Morgan fingerprint density at radius 2 is 2.33 bits per heavy atom. The van der Waals surface area contributed by atoms with Crippen molar-refractivity contribution in [2.24, 2.45) is 0 Å². The highest BCUT2D eigenvalue weighted by Crippen LogP contribution is 2.22. The standard InChI is InChI=1S/C17H23NO3/c1-14-12-18(8-10-21-14)13-16-11-15(5-3-4-9-19)6-7-17(16)20-2/h6-7,11,14,19H,4,8-10,12-13H2,1-2H3. The fraction of sp³-hybridized carbons (Fsp3) is 0.529. The van der Waals surface area contributed by atoms with Crippen molar-refractivity contribution in [3.05, 3.63) is 29.3 Å². The van der Waals surface area contributed by atoms with Crippen LogP contribution in [0.2, 0.25) is 0 Å². The Morgan fingerprint density at radius 3 is 3.05 bits per heavy atom. The molecule has 1 N–H and O–H groups in total. The second-order valence-electron chi connectivity index (χ2n) is 5.22. The second-order valence-corrected chi connectivity index (χ2v) is 5.22. The fourth-order valence-corrected chi connectivity index (χ4v) is 2.48. The minimum absolute atomic E-state index is 0.0989. The molecule has 1 aliphatic heterocycles. The molecule has 1 aromatic carbocycles. The van der Waals surface area contributed by atoms with Gasteiger partial charge in [-0.1, -0.05) is 11.8 Å². The third kappa shape index (κ3) is 4.75. The number of hydrogen-bond acceptors (Lipinski definition) is 4. The average Bonchev–Trinajstić information content (AvgIpc) is 2.48. The molecule has 114 valence electrons. The maximum absolute atomic E-state index is 8.78. The van der Waals surface area contributed by atoms with E-state index in [1.807, 2.05) is 12.1 Å². The highest BCUT2D eigenvalue weighted by atomic mass is 16.5. The van der Waals surface area contributed by atoms with Crippen LogP contribution in [0, 0.1) is 11.8 Å². The van der Waals surface area contributed by atoms with Gasteiger partial charge in [-0.2, -0.15) is 0 Å². The summed E-state index contributed by atoms with van der Waals surface area (Å²) in [6.07, 6.45) is 0.778. The van der Waals surface area contributed by atoms with Crippen molar-refractivity contribution in [1.29, 1.82) is 0 Å². The predicted octanol–water partition coefficient (Wildman–Crippen LogP) is 1.65. The van der Waals surface area contributed by atoms with Crippen molar-refractivity contribution >= 4 is 0 Å². The van der Waals surface area contributed by atoms with Gasteiger partial charge in [0.2, 0.25) is 0 Å². The summed E-state index contributed by atoms with van der Waals surface area (Å²) in [5.41, 5.74) is 2.10. The zero-order valence-corrected chi connectivity index (χ0v) is 12.8. The van der Waals surface area contributed by atoms with E-state index in [1.165, 1.54) is 0 Å². The molecule has 0 bridgehead atoms. The molecule has 1 unspecified atom stereocenters. The molecule has 2 rings (SSSR count). The van der Waals surface area contributed by atoms with Crippen LogP contribution in [0.25, 0.3) is 0 Å². The van der Waals surface area contributed by atoms with Crippen LogP contribution >= 0.6 is 0 Å². The molecule has 1 fully saturated rings. The van der Waals surface area contributed by atoms with Crippen molar-refractivity contribution in [2.75, 3.05) is 33.4 Å². The van der Waals surface area contributed by atoms with Gasteiger partial charge in [0.15, 0.2) is 0 Å². The number of ether oxygens (including phenoxy) is 2. The van der Waals surface area contributed by atoms with Gasteiger partial charge in [-0.15, -0.1) is 0 Å². The number of methoxy groups -OCH3 is 1. The molecule has 0 spiro atoms. The Balaban J connectivity index is 2.12. The van der Waals surface area contributed by atoms with Crippen molar-refractivity contribution in [3.8, 4) is 17.6 Å². The lowest BCUT2D eigenvalue weighted by Crippen LogP contribution is -2.40. The Bertz CT molecular complexity index is 519. The maximum atomic E-state index is 8.78.